The number of hydrogen-bond acceptors (Lipinski definition) is 2. The van der Waals surface area contributed by atoms with Crippen LogP contribution in [0.4, 0.5) is 0 Å². The Balaban J connectivity index is 2.71. The van der Waals surface area contributed by atoms with Gasteiger partial charge in [-0.3, -0.25) is 4.79 Å². The molecule has 0 radical (unpaired) electrons. The van der Waals surface area contributed by atoms with Crippen LogP contribution in [0.3, 0.4) is 0 Å². The molecule has 2 nitrogen and oxygen atoms in total. The predicted octanol–water partition coefficient (Wildman–Crippen LogP) is 6.05. The van der Waals surface area contributed by atoms with Gasteiger partial charge in [-0.25, -0.2) is 0 Å². The normalized spacial score (nSPS) is 24.9. The first-order valence-corrected chi connectivity index (χ1v) is 9.52. The van der Waals surface area contributed by atoms with Crippen LogP contribution in [0.2, 0.25) is 0 Å². The van der Waals surface area contributed by atoms with Crippen LogP contribution in [-0.2, 0) is 4.79 Å². The Hall–Kier alpha value is -2.19. The first kappa shape index (κ1) is 22.9. The van der Waals surface area contributed by atoms with E-state index in [4.69, 9.17) is 0 Å². The summed E-state index contributed by atoms with van der Waals surface area (Å²) < 4.78 is 0. The van der Waals surface area contributed by atoms with Crippen molar-refractivity contribution in [3.8, 4) is 0 Å². The van der Waals surface area contributed by atoms with Crippen molar-refractivity contribution in [3.05, 3.63) is 83.1 Å². The van der Waals surface area contributed by atoms with E-state index in [0.29, 0.717) is 11.5 Å². The fourth-order valence-corrected chi connectivity index (χ4v) is 3.33. The van der Waals surface area contributed by atoms with E-state index in [0.717, 1.165) is 18.3 Å². The second-order valence-corrected chi connectivity index (χ2v) is 8.10. The van der Waals surface area contributed by atoms with E-state index in [9.17, 15) is 9.90 Å². The SMILES string of the molecule is CC1=C[C@@H](O)CC(C)(C)[C@@H]1/C=C/C(C)=C/C=C/C(C)=C/C=C/C=C(\C)C=O. The van der Waals surface area contributed by atoms with Gasteiger partial charge in [0.05, 0.1) is 6.10 Å². The number of hydrogen-bond donors (Lipinski definition) is 1. The van der Waals surface area contributed by atoms with Crippen molar-refractivity contribution in [1.82, 2.24) is 0 Å². The van der Waals surface area contributed by atoms with Gasteiger partial charge in [0.1, 0.15) is 6.29 Å². The maximum Gasteiger partial charge on any atom is 0.145 e. The fourth-order valence-electron chi connectivity index (χ4n) is 3.33. The Morgan fingerprint density at radius 1 is 1.00 bits per heavy atom. The minimum absolute atomic E-state index is 0.0627. The minimum Gasteiger partial charge on any atom is -0.389 e. The Bertz CT molecular complexity index is 721. The molecule has 0 unspecified atom stereocenters. The molecular formula is C25H34O2. The van der Waals surface area contributed by atoms with Crippen molar-refractivity contribution in [2.45, 2.75) is 54.1 Å². The molecule has 0 aliphatic heterocycles. The van der Waals surface area contributed by atoms with E-state index < -0.39 is 0 Å². The average molecular weight is 367 g/mol. The van der Waals surface area contributed by atoms with Gasteiger partial charge in [0.2, 0.25) is 0 Å². The third-order valence-electron chi connectivity index (χ3n) is 4.81. The van der Waals surface area contributed by atoms with Crippen LogP contribution in [0.15, 0.2) is 83.1 Å². The summed E-state index contributed by atoms with van der Waals surface area (Å²) in [6.45, 7) is 12.5. The maximum absolute atomic E-state index is 10.5. The highest BCUT2D eigenvalue weighted by Gasteiger charge is 2.34. The lowest BCUT2D eigenvalue weighted by atomic mass is 9.67. The monoisotopic (exact) mass is 366 g/mol. The van der Waals surface area contributed by atoms with Crippen molar-refractivity contribution in [2.24, 2.45) is 11.3 Å². The topological polar surface area (TPSA) is 37.3 Å². The number of aliphatic hydroxyl groups is 1. The number of aliphatic hydroxyl groups excluding tert-OH is 1. The highest BCUT2D eigenvalue weighted by Crippen LogP contribution is 2.41. The summed E-state index contributed by atoms with van der Waals surface area (Å²) in [4.78, 5) is 10.5. The number of rotatable bonds is 7. The van der Waals surface area contributed by atoms with E-state index in [1.165, 1.54) is 11.1 Å². The number of aldehydes is 1. The smallest absolute Gasteiger partial charge is 0.145 e. The lowest BCUT2D eigenvalue weighted by molar-refractivity contribution is -0.104. The molecule has 27 heavy (non-hydrogen) atoms. The first-order valence-electron chi connectivity index (χ1n) is 9.52. The van der Waals surface area contributed by atoms with Gasteiger partial charge in [0.15, 0.2) is 0 Å². The van der Waals surface area contributed by atoms with Crippen molar-refractivity contribution < 1.29 is 9.90 Å². The molecule has 2 atom stereocenters. The standard InChI is InChI=1S/C25H34O2/c1-19(10-7-8-11-21(3)18-26)12-9-13-20(2)14-15-24-22(4)16-23(27)17-25(24,5)6/h7-16,18,23-24,27H,17H2,1-6H3/b8-7+,12-9+,15-14+,19-10+,20-13+,21-11+/t23-,24-/m1/s1. The number of allylic oxidation sites excluding steroid dienone is 13. The summed E-state index contributed by atoms with van der Waals surface area (Å²) >= 11 is 0. The molecule has 0 bridgehead atoms. The minimum atomic E-state index is -0.328. The lowest BCUT2D eigenvalue weighted by Gasteiger charge is -2.38. The molecule has 0 fully saturated rings. The Kier molecular flexibility index (Phi) is 9.17. The quantitative estimate of drug-likeness (QED) is 0.258. The van der Waals surface area contributed by atoms with E-state index in [2.05, 4.69) is 52.0 Å². The molecule has 0 heterocycles. The van der Waals surface area contributed by atoms with Crippen LogP contribution in [0.5, 0.6) is 0 Å². The third-order valence-corrected chi connectivity index (χ3v) is 4.81. The van der Waals surface area contributed by atoms with Crippen molar-refractivity contribution in [2.75, 3.05) is 0 Å². The van der Waals surface area contributed by atoms with Crippen molar-refractivity contribution in [3.63, 3.8) is 0 Å². The summed E-state index contributed by atoms with van der Waals surface area (Å²) in [5, 5.41) is 9.95. The van der Waals surface area contributed by atoms with Crippen LogP contribution in [-0.4, -0.2) is 17.5 Å². The third kappa shape index (κ3) is 8.36. The zero-order valence-electron chi connectivity index (χ0n) is 17.6. The van der Waals surface area contributed by atoms with Gasteiger partial charge in [-0.15, -0.1) is 0 Å². The van der Waals surface area contributed by atoms with E-state index in [1.807, 2.05) is 37.3 Å². The molecule has 0 saturated carbocycles. The molecule has 0 amide bonds. The van der Waals surface area contributed by atoms with E-state index in [-0.39, 0.29) is 11.5 Å². The number of carbonyl (C=O) groups is 1. The molecule has 1 N–H and O–H groups in total. The van der Waals surface area contributed by atoms with Crippen LogP contribution in [0.25, 0.3) is 0 Å². The van der Waals surface area contributed by atoms with Gasteiger partial charge >= 0.3 is 0 Å². The molecule has 1 rings (SSSR count). The summed E-state index contributed by atoms with van der Waals surface area (Å²) in [6.07, 6.45) is 21.5. The van der Waals surface area contributed by atoms with E-state index in [1.54, 1.807) is 13.0 Å². The molecule has 2 heteroatoms. The molecular weight excluding hydrogens is 332 g/mol. The molecule has 1 aliphatic carbocycles. The summed E-state index contributed by atoms with van der Waals surface area (Å²) in [5.74, 6) is 0.350. The summed E-state index contributed by atoms with van der Waals surface area (Å²) in [7, 11) is 0. The fraction of sp³-hybridized carbons (Fsp3) is 0.400. The summed E-state index contributed by atoms with van der Waals surface area (Å²) in [5.41, 5.74) is 4.33. The molecule has 0 saturated heterocycles. The largest absolute Gasteiger partial charge is 0.389 e. The maximum atomic E-state index is 10.5. The Morgan fingerprint density at radius 2 is 1.56 bits per heavy atom. The second-order valence-electron chi connectivity index (χ2n) is 8.10. The molecule has 0 aromatic carbocycles. The number of carbonyl (C=O) groups excluding carboxylic acids is 1. The van der Waals surface area contributed by atoms with Crippen LogP contribution >= 0.6 is 0 Å². The second kappa shape index (κ2) is 10.8. The Labute approximate surface area is 165 Å². The molecule has 146 valence electrons. The van der Waals surface area contributed by atoms with Crippen LogP contribution < -0.4 is 0 Å². The predicted molar refractivity (Wildman–Crippen MR) is 116 cm³/mol. The van der Waals surface area contributed by atoms with Crippen LogP contribution in [0, 0.1) is 11.3 Å². The molecule has 0 spiro atoms. The van der Waals surface area contributed by atoms with Crippen molar-refractivity contribution >= 4 is 6.29 Å². The molecule has 0 aromatic rings. The van der Waals surface area contributed by atoms with Crippen LogP contribution in [0.1, 0.15) is 48.0 Å². The highest BCUT2D eigenvalue weighted by atomic mass is 16.3. The van der Waals surface area contributed by atoms with Gasteiger partial charge in [-0.2, -0.15) is 0 Å². The van der Waals surface area contributed by atoms with Crippen molar-refractivity contribution in [1.29, 1.82) is 0 Å². The summed E-state index contributed by atoms with van der Waals surface area (Å²) in [6, 6.07) is 0. The molecule has 1 aliphatic rings. The average Bonchev–Trinajstić information content (AvgIpc) is 2.56. The Morgan fingerprint density at radius 3 is 2.15 bits per heavy atom. The highest BCUT2D eigenvalue weighted by molar-refractivity contribution is 5.72. The van der Waals surface area contributed by atoms with E-state index >= 15 is 0 Å². The van der Waals surface area contributed by atoms with Gasteiger partial charge in [0, 0.05) is 5.92 Å². The zero-order valence-corrected chi connectivity index (χ0v) is 17.6. The lowest BCUT2D eigenvalue weighted by Crippen LogP contribution is -2.32. The van der Waals surface area contributed by atoms with Gasteiger partial charge < -0.3 is 5.11 Å². The molecule has 0 aromatic heterocycles. The first-order chi connectivity index (χ1) is 12.7. The zero-order chi connectivity index (χ0) is 20.4. The van der Waals surface area contributed by atoms with Gasteiger partial charge in [0.25, 0.3) is 0 Å². The van der Waals surface area contributed by atoms with Gasteiger partial charge in [-0.1, -0.05) is 91.3 Å². The van der Waals surface area contributed by atoms with Gasteiger partial charge in [-0.05, 0) is 45.1 Å².